The minimum absolute atomic E-state index is 0.181. The number of hydrogen-bond acceptors (Lipinski definition) is 3. The molecule has 0 aromatic heterocycles. The second kappa shape index (κ2) is 3.96. The van der Waals surface area contributed by atoms with Crippen molar-refractivity contribution in [3.05, 3.63) is 35.9 Å². The molecule has 17 heavy (non-hydrogen) atoms. The van der Waals surface area contributed by atoms with Crippen LogP contribution in [0.2, 0.25) is 0 Å². The Hall–Kier alpha value is -1.68. The summed E-state index contributed by atoms with van der Waals surface area (Å²) in [7, 11) is 0. The van der Waals surface area contributed by atoms with Gasteiger partial charge in [-0.1, -0.05) is 30.3 Å². The molecule has 4 heteroatoms. The number of rotatable bonds is 2. The highest BCUT2D eigenvalue weighted by Crippen LogP contribution is 2.44. The van der Waals surface area contributed by atoms with Gasteiger partial charge in [0.1, 0.15) is 0 Å². The number of carbonyl (C=O) groups excluding carboxylic acids is 2. The summed E-state index contributed by atoms with van der Waals surface area (Å²) in [5.41, 5.74) is 1.30. The van der Waals surface area contributed by atoms with Crippen LogP contribution in [-0.4, -0.2) is 35.8 Å². The summed E-state index contributed by atoms with van der Waals surface area (Å²) in [5, 5.41) is 2.33. The van der Waals surface area contributed by atoms with Gasteiger partial charge in [0.05, 0.1) is 13.1 Å². The van der Waals surface area contributed by atoms with Crippen LogP contribution in [0.5, 0.6) is 0 Å². The molecule has 1 aliphatic heterocycles. The van der Waals surface area contributed by atoms with Crippen molar-refractivity contribution in [2.75, 3.05) is 13.1 Å². The molecule has 2 atom stereocenters. The molecule has 1 aliphatic carbocycles. The van der Waals surface area contributed by atoms with E-state index in [0.29, 0.717) is 25.0 Å². The predicted molar refractivity (Wildman–Crippen MR) is 62.3 cm³/mol. The Morgan fingerprint density at radius 2 is 1.71 bits per heavy atom. The first-order chi connectivity index (χ1) is 8.24. The van der Waals surface area contributed by atoms with E-state index in [1.165, 1.54) is 5.56 Å². The highest BCUT2D eigenvalue weighted by atomic mass is 16.2. The molecule has 4 nitrogen and oxygen atoms in total. The summed E-state index contributed by atoms with van der Waals surface area (Å²) in [5.74, 6) is 0.120. The van der Waals surface area contributed by atoms with Crippen LogP contribution in [-0.2, 0) is 9.59 Å². The van der Waals surface area contributed by atoms with Gasteiger partial charge in [0, 0.05) is 12.0 Å². The molecule has 2 unspecified atom stereocenters. The van der Waals surface area contributed by atoms with Crippen molar-refractivity contribution < 1.29 is 9.59 Å². The summed E-state index contributed by atoms with van der Waals surface area (Å²) in [6.07, 6.45) is 1.05. The molecule has 0 spiro atoms. The van der Waals surface area contributed by atoms with Gasteiger partial charge in [0.2, 0.25) is 11.8 Å². The van der Waals surface area contributed by atoms with Crippen molar-refractivity contribution in [2.45, 2.75) is 18.4 Å². The number of nitrogens with zero attached hydrogens (tertiary/aromatic N) is 1. The third-order valence-electron chi connectivity index (χ3n) is 3.43. The molecule has 3 rings (SSSR count). The zero-order chi connectivity index (χ0) is 11.8. The van der Waals surface area contributed by atoms with E-state index in [2.05, 4.69) is 17.4 Å². The lowest BCUT2D eigenvalue weighted by atomic mass is 10.1. The Kier molecular flexibility index (Phi) is 2.44. The van der Waals surface area contributed by atoms with E-state index < -0.39 is 0 Å². The van der Waals surface area contributed by atoms with Crippen LogP contribution < -0.4 is 5.32 Å². The fourth-order valence-corrected chi connectivity index (χ4v) is 2.54. The Bertz CT molecular complexity index is 442. The first kappa shape index (κ1) is 10.5. The Labute approximate surface area is 99.6 Å². The van der Waals surface area contributed by atoms with E-state index in [1.807, 2.05) is 23.1 Å². The molecule has 2 fully saturated rings. The summed E-state index contributed by atoms with van der Waals surface area (Å²) < 4.78 is 0. The molecule has 1 saturated heterocycles. The minimum Gasteiger partial charge on any atom is -0.294 e. The third-order valence-corrected chi connectivity index (χ3v) is 3.43. The maximum atomic E-state index is 11.3. The predicted octanol–water partition coefficient (Wildman–Crippen LogP) is 0.501. The second-order valence-electron chi connectivity index (χ2n) is 4.70. The molecule has 2 aliphatic rings. The highest BCUT2D eigenvalue weighted by Gasteiger charge is 2.44. The first-order valence-electron chi connectivity index (χ1n) is 5.86. The number of nitrogens with one attached hydrogen (secondary N) is 1. The molecule has 0 radical (unpaired) electrons. The van der Waals surface area contributed by atoms with Gasteiger partial charge in [0.25, 0.3) is 0 Å². The normalized spacial score (nSPS) is 28.9. The largest absolute Gasteiger partial charge is 0.294 e. The van der Waals surface area contributed by atoms with Gasteiger partial charge in [0.15, 0.2) is 0 Å². The van der Waals surface area contributed by atoms with Crippen LogP contribution in [0.3, 0.4) is 0 Å². The van der Waals surface area contributed by atoms with Crippen LogP contribution in [0.15, 0.2) is 30.3 Å². The van der Waals surface area contributed by atoms with Crippen molar-refractivity contribution in [1.82, 2.24) is 10.2 Å². The van der Waals surface area contributed by atoms with Gasteiger partial charge in [-0.25, -0.2) is 0 Å². The van der Waals surface area contributed by atoms with Crippen molar-refractivity contribution in [1.29, 1.82) is 0 Å². The molecule has 1 aromatic rings. The van der Waals surface area contributed by atoms with E-state index in [0.717, 1.165) is 6.42 Å². The molecular formula is C13H14N2O2. The summed E-state index contributed by atoms with van der Waals surface area (Å²) in [6, 6.07) is 10.6. The lowest BCUT2D eigenvalue weighted by Gasteiger charge is -2.25. The number of amides is 2. The number of benzene rings is 1. The van der Waals surface area contributed by atoms with E-state index in [-0.39, 0.29) is 11.8 Å². The van der Waals surface area contributed by atoms with Crippen molar-refractivity contribution >= 4 is 11.8 Å². The summed E-state index contributed by atoms with van der Waals surface area (Å²) >= 11 is 0. The van der Waals surface area contributed by atoms with Crippen molar-refractivity contribution in [3.63, 3.8) is 0 Å². The SMILES string of the molecule is O=C1CN(C2CC2c2ccccc2)CC(=O)N1. The second-order valence-corrected chi connectivity index (χ2v) is 4.70. The van der Waals surface area contributed by atoms with Crippen LogP contribution in [0.4, 0.5) is 0 Å². The number of hydrogen-bond donors (Lipinski definition) is 1. The standard InChI is InChI=1S/C13H14N2O2/c16-12-7-15(8-13(17)14-12)11-6-10(11)9-4-2-1-3-5-9/h1-5,10-11H,6-8H2,(H,14,16,17). The average Bonchev–Trinajstić information content (AvgIpc) is 3.09. The van der Waals surface area contributed by atoms with Crippen molar-refractivity contribution in [2.24, 2.45) is 0 Å². The van der Waals surface area contributed by atoms with Gasteiger partial charge in [-0.15, -0.1) is 0 Å². The van der Waals surface area contributed by atoms with E-state index >= 15 is 0 Å². The number of piperazine rings is 1. The average molecular weight is 230 g/mol. The molecule has 2 amide bonds. The Morgan fingerprint density at radius 1 is 1.06 bits per heavy atom. The topological polar surface area (TPSA) is 49.4 Å². The van der Waals surface area contributed by atoms with E-state index in [4.69, 9.17) is 0 Å². The van der Waals surface area contributed by atoms with Crippen molar-refractivity contribution in [3.8, 4) is 0 Å². The van der Waals surface area contributed by atoms with Gasteiger partial charge in [-0.2, -0.15) is 0 Å². The van der Waals surface area contributed by atoms with Crippen LogP contribution in [0.25, 0.3) is 0 Å². The monoisotopic (exact) mass is 230 g/mol. The third kappa shape index (κ3) is 2.08. The van der Waals surface area contributed by atoms with Gasteiger partial charge >= 0.3 is 0 Å². The Balaban J connectivity index is 1.68. The van der Waals surface area contributed by atoms with E-state index in [9.17, 15) is 9.59 Å². The molecule has 1 N–H and O–H groups in total. The fourth-order valence-electron chi connectivity index (χ4n) is 2.54. The maximum Gasteiger partial charge on any atom is 0.240 e. The molecule has 0 bridgehead atoms. The molecule has 88 valence electrons. The van der Waals surface area contributed by atoms with Crippen LogP contribution in [0, 0.1) is 0 Å². The number of carbonyl (C=O) groups is 2. The van der Waals surface area contributed by atoms with Gasteiger partial charge in [-0.05, 0) is 12.0 Å². The smallest absolute Gasteiger partial charge is 0.240 e. The molecule has 1 aromatic carbocycles. The number of imide groups is 1. The molecular weight excluding hydrogens is 216 g/mol. The molecule has 1 saturated carbocycles. The van der Waals surface area contributed by atoms with Gasteiger partial charge in [-0.3, -0.25) is 19.8 Å². The lowest BCUT2D eigenvalue weighted by molar-refractivity contribution is -0.136. The first-order valence-corrected chi connectivity index (χ1v) is 5.86. The zero-order valence-electron chi connectivity index (χ0n) is 9.43. The van der Waals surface area contributed by atoms with Crippen LogP contribution >= 0.6 is 0 Å². The fraction of sp³-hybridized carbons (Fsp3) is 0.385. The highest BCUT2D eigenvalue weighted by molar-refractivity contribution is 5.99. The minimum atomic E-state index is -0.181. The summed E-state index contributed by atoms with van der Waals surface area (Å²) in [6.45, 7) is 0.694. The lowest BCUT2D eigenvalue weighted by Crippen LogP contribution is -2.52. The van der Waals surface area contributed by atoms with E-state index in [1.54, 1.807) is 0 Å². The maximum absolute atomic E-state index is 11.3. The Morgan fingerprint density at radius 3 is 2.35 bits per heavy atom. The van der Waals surface area contributed by atoms with Gasteiger partial charge < -0.3 is 0 Å². The summed E-state index contributed by atoms with van der Waals surface area (Å²) in [4.78, 5) is 24.6. The zero-order valence-corrected chi connectivity index (χ0v) is 9.43. The molecule has 1 heterocycles. The quantitative estimate of drug-likeness (QED) is 0.753. The van der Waals surface area contributed by atoms with Crippen LogP contribution in [0.1, 0.15) is 17.9 Å².